The molecule has 0 radical (unpaired) electrons. The first-order valence-corrected chi connectivity index (χ1v) is 11.6. The number of primary amides is 2. The second kappa shape index (κ2) is 9.72. The summed E-state index contributed by atoms with van der Waals surface area (Å²) in [6.07, 6.45) is 4.19. The molecule has 1 saturated carbocycles. The number of rotatable bonds is 6. The Hall–Kier alpha value is -2.97. The maximum atomic E-state index is 15.7. The minimum Gasteiger partial charge on any atom is -0.369 e. The summed E-state index contributed by atoms with van der Waals surface area (Å²) in [6, 6.07) is 6.69. The van der Waals surface area contributed by atoms with Gasteiger partial charge in [0.2, 0.25) is 5.91 Å². The monoisotopic (exact) mass is 506 g/mol. The molecule has 4 rings (SSSR count). The zero-order chi connectivity index (χ0) is 24.6. The minimum absolute atomic E-state index is 0.0534. The maximum absolute atomic E-state index is 15.7. The Kier molecular flexibility index (Phi) is 6.91. The number of hydrogen-bond donors (Lipinski definition) is 2. The number of halogens is 4. The van der Waals surface area contributed by atoms with Crippen LogP contribution in [0.25, 0.3) is 16.9 Å². The average molecular weight is 507 g/mol. The number of amides is 2. The van der Waals surface area contributed by atoms with Gasteiger partial charge in [0.1, 0.15) is 11.6 Å². The van der Waals surface area contributed by atoms with Crippen molar-refractivity contribution in [3.05, 3.63) is 69.1 Å². The van der Waals surface area contributed by atoms with E-state index in [1.807, 2.05) is 0 Å². The number of carbonyl (C=O) groups excluding carboxylic acids is 2. The van der Waals surface area contributed by atoms with Crippen molar-refractivity contribution in [1.29, 1.82) is 0 Å². The molecule has 0 aliphatic heterocycles. The molecule has 0 unspecified atom stereocenters. The number of carbonyl (C=O) groups is 2. The van der Waals surface area contributed by atoms with E-state index in [4.69, 9.17) is 34.7 Å². The number of imidazole rings is 1. The van der Waals surface area contributed by atoms with Crippen molar-refractivity contribution in [3.63, 3.8) is 0 Å². The van der Waals surface area contributed by atoms with Crippen LogP contribution in [0.5, 0.6) is 0 Å². The van der Waals surface area contributed by atoms with Gasteiger partial charge in [-0.3, -0.25) is 14.2 Å². The molecule has 178 valence electrons. The Balaban J connectivity index is 2.12. The zero-order valence-corrected chi connectivity index (χ0v) is 19.6. The van der Waals surface area contributed by atoms with Gasteiger partial charge < -0.3 is 11.5 Å². The molecule has 2 amide bonds. The molecule has 1 aliphatic carbocycles. The van der Waals surface area contributed by atoms with E-state index < -0.39 is 23.4 Å². The van der Waals surface area contributed by atoms with Crippen molar-refractivity contribution in [1.82, 2.24) is 9.55 Å². The summed E-state index contributed by atoms with van der Waals surface area (Å²) in [5, 5.41) is -0.376. The molecule has 0 saturated heterocycles. The summed E-state index contributed by atoms with van der Waals surface area (Å²) in [5.41, 5.74) is 11.6. The van der Waals surface area contributed by atoms with Crippen molar-refractivity contribution in [2.45, 2.75) is 44.4 Å². The highest BCUT2D eigenvalue weighted by atomic mass is 35.5. The Bertz CT molecular complexity index is 1290. The van der Waals surface area contributed by atoms with Crippen molar-refractivity contribution < 1.29 is 18.4 Å². The zero-order valence-electron chi connectivity index (χ0n) is 18.1. The van der Waals surface area contributed by atoms with Gasteiger partial charge in [0.15, 0.2) is 11.5 Å². The fraction of sp³-hybridized carbons (Fsp3) is 0.292. The Morgan fingerprint density at radius 3 is 2.35 bits per heavy atom. The number of hydrogen-bond acceptors (Lipinski definition) is 3. The largest absolute Gasteiger partial charge is 0.369 e. The van der Waals surface area contributed by atoms with E-state index in [2.05, 4.69) is 4.98 Å². The molecule has 1 aliphatic rings. The molecule has 0 spiro atoms. The average Bonchev–Trinajstić information content (AvgIpc) is 3.19. The number of aromatic nitrogens is 2. The third-order valence-electron chi connectivity index (χ3n) is 6.04. The van der Waals surface area contributed by atoms with Crippen LogP contribution in [0, 0.1) is 11.6 Å². The molecule has 10 heteroatoms. The molecule has 0 bridgehead atoms. The lowest BCUT2D eigenvalue weighted by atomic mass is 9.88. The van der Waals surface area contributed by atoms with Crippen LogP contribution in [0.3, 0.4) is 0 Å². The molecule has 4 N–H and O–H groups in total. The predicted octanol–water partition coefficient (Wildman–Crippen LogP) is 5.30. The van der Waals surface area contributed by atoms with Gasteiger partial charge in [0, 0.05) is 11.5 Å². The number of benzene rings is 2. The summed E-state index contributed by atoms with van der Waals surface area (Å²) in [6.45, 7) is 0. The standard InChI is InChI=1S/C24H22Cl2F2N4O2/c25-15-8-6-14(11-18(29)33)21(19(15)28)32-22(13-7-9-17(27)16(26)10-13)20(23(30)34)31-24(32)12-4-2-1-3-5-12/h6-10,12H,1-5,11H2,(H2,29,33)(H2,30,34). The normalized spacial score (nSPS) is 14.4. The number of nitrogens with two attached hydrogens (primary N) is 2. The van der Waals surface area contributed by atoms with Gasteiger partial charge in [0.05, 0.1) is 27.8 Å². The highest BCUT2D eigenvalue weighted by molar-refractivity contribution is 6.31. The molecule has 6 nitrogen and oxygen atoms in total. The third-order valence-corrected chi connectivity index (χ3v) is 6.62. The smallest absolute Gasteiger partial charge is 0.269 e. The summed E-state index contributed by atoms with van der Waals surface area (Å²) in [5.74, 6) is -2.67. The molecular formula is C24H22Cl2F2N4O2. The molecular weight excluding hydrogens is 485 g/mol. The van der Waals surface area contributed by atoms with Crippen LogP contribution in [-0.2, 0) is 11.2 Å². The van der Waals surface area contributed by atoms with Crippen LogP contribution < -0.4 is 11.5 Å². The molecule has 1 aromatic heterocycles. The molecule has 0 atom stereocenters. The predicted molar refractivity (Wildman–Crippen MR) is 126 cm³/mol. The first-order valence-electron chi connectivity index (χ1n) is 10.8. The second-order valence-corrected chi connectivity index (χ2v) is 9.16. The van der Waals surface area contributed by atoms with Gasteiger partial charge in [-0.15, -0.1) is 0 Å². The molecule has 3 aromatic rings. The van der Waals surface area contributed by atoms with Gasteiger partial charge in [0.25, 0.3) is 5.91 Å². The van der Waals surface area contributed by atoms with E-state index in [1.54, 1.807) is 0 Å². The van der Waals surface area contributed by atoms with Gasteiger partial charge in [-0.05, 0) is 42.7 Å². The quantitative estimate of drug-likeness (QED) is 0.473. The van der Waals surface area contributed by atoms with Crippen LogP contribution in [0.1, 0.15) is 59.9 Å². The van der Waals surface area contributed by atoms with E-state index >= 15 is 4.39 Å². The summed E-state index contributed by atoms with van der Waals surface area (Å²) >= 11 is 12.2. The van der Waals surface area contributed by atoms with Gasteiger partial charge in [-0.2, -0.15) is 0 Å². The summed E-state index contributed by atoms with van der Waals surface area (Å²) < 4.78 is 31.1. The van der Waals surface area contributed by atoms with Crippen molar-refractivity contribution in [2.75, 3.05) is 0 Å². The van der Waals surface area contributed by atoms with E-state index in [0.717, 1.165) is 38.2 Å². The Labute approximate surface area is 204 Å². The van der Waals surface area contributed by atoms with Crippen molar-refractivity contribution in [3.8, 4) is 16.9 Å². The van der Waals surface area contributed by atoms with E-state index in [9.17, 15) is 14.0 Å². The van der Waals surface area contributed by atoms with Crippen molar-refractivity contribution >= 4 is 35.0 Å². The van der Waals surface area contributed by atoms with Crippen LogP contribution in [0.15, 0.2) is 30.3 Å². The van der Waals surface area contributed by atoms with Gasteiger partial charge in [-0.25, -0.2) is 13.8 Å². The Morgan fingerprint density at radius 1 is 1.03 bits per heavy atom. The van der Waals surface area contributed by atoms with Gasteiger partial charge >= 0.3 is 0 Å². The first kappa shape index (κ1) is 24.2. The maximum Gasteiger partial charge on any atom is 0.269 e. The Morgan fingerprint density at radius 2 is 1.74 bits per heavy atom. The van der Waals surface area contributed by atoms with E-state index in [0.29, 0.717) is 11.4 Å². The number of nitrogens with zero attached hydrogens (tertiary/aromatic N) is 2. The third kappa shape index (κ3) is 4.52. The van der Waals surface area contributed by atoms with E-state index in [-0.39, 0.29) is 45.0 Å². The lowest BCUT2D eigenvalue weighted by Crippen LogP contribution is -2.19. The van der Waals surface area contributed by atoms with Crippen LogP contribution in [0.4, 0.5) is 8.78 Å². The fourth-order valence-electron chi connectivity index (χ4n) is 4.53. The van der Waals surface area contributed by atoms with Crippen LogP contribution in [0.2, 0.25) is 10.0 Å². The summed E-state index contributed by atoms with van der Waals surface area (Å²) in [4.78, 5) is 28.8. The topological polar surface area (TPSA) is 104 Å². The molecule has 1 fully saturated rings. The fourth-order valence-corrected chi connectivity index (χ4v) is 4.87. The highest BCUT2D eigenvalue weighted by Crippen LogP contribution is 2.40. The lowest BCUT2D eigenvalue weighted by Gasteiger charge is -2.24. The molecule has 34 heavy (non-hydrogen) atoms. The van der Waals surface area contributed by atoms with Crippen LogP contribution >= 0.6 is 23.2 Å². The SMILES string of the molecule is NC(=O)Cc1ccc(Cl)c(F)c1-n1c(C2CCCCC2)nc(C(N)=O)c1-c1ccc(F)c(Cl)c1. The summed E-state index contributed by atoms with van der Waals surface area (Å²) in [7, 11) is 0. The highest BCUT2D eigenvalue weighted by Gasteiger charge is 2.31. The molecule has 2 aromatic carbocycles. The van der Waals surface area contributed by atoms with Crippen molar-refractivity contribution in [2.24, 2.45) is 11.5 Å². The minimum atomic E-state index is -0.842. The second-order valence-electron chi connectivity index (χ2n) is 8.34. The van der Waals surface area contributed by atoms with E-state index in [1.165, 1.54) is 28.8 Å². The van der Waals surface area contributed by atoms with Gasteiger partial charge in [-0.1, -0.05) is 48.5 Å². The first-order chi connectivity index (χ1) is 16.2. The molecule has 1 heterocycles. The lowest BCUT2D eigenvalue weighted by molar-refractivity contribution is -0.117. The van der Waals surface area contributed by atoms with Crippen LogP contribution in [-0.4, -0.2) is 21.4 Å².